The van der Waals surface area contributed by atoms with Gasteiger partial charge in [0.25, 0.3) is 0 Å². The first-order chi connectivity index (χ1) is 11.1. The molecule has 0 aliphatic rings. The van der Waals surface area contributed by atoms with Crippen LogP contribution in [0.5, 0.6) is 11.5 Å². The predicted octanol–water partition coefficient (Wildman–Crippen LogP) is 3.46. The van der Waals surface area contributed by atoms with E-state index in [1.54, 1.807) is 24.3 Å². The summed E-state index contributed by atoms with van der Waals surface area (Å²) in [5.41, 5.74) is 1.59. The van der Waals surface area contributed by atoms with Gasteiger partial charge in [-0.25, -0.2) is 9.59 Å². The fourth-order valence-corrected chi connectivity index (χ4v) is 2.00. The number of benzene rings is 2. The van der Waals surface area contributed by atoms with Crippen molar-refractivity contribution in [3.8, 4) is 11.5 Å². The Morgan fingerprint density at radius 2 is 1.17 bits per heavy atom. The van der Waals surface area contributed by atoms with E-state index in [0.29, 0.717) is 17.9 Å². The number of hydrogen-bond donors (Lipinski definition) is 0. The van der Waals surface area contributed by atoms with Gasteiger partial charge >= 0.3 is 11.9 Å². The summed E-state index contributed by atoms with van der Waals surface area (Å²) in [4.78, 5) is 22.8. The summed E-state index contributed by atoms with van der Waals surface area (Å²) in [6.07, 6.45) is 2.66. The second-order valence-electron chi connectivity index (χ2n) is 4.64. The molecule has 2 aromatic carbocycles. The summed E-state index contributed by atoms with van der Waals surface area (Å²) < 4.78 is 10.5. The van der Waals surface area contributed by atoms with Gasteiger partial charge in [-0.15, -0.1) is 0 Å². The molecule has 0 aliphatic heterocycles. The molecule has 0 bridgehead atoms. The third kappa shape index (κ3) is 4.41. The average molecular weight is 308 g/mol. The molecule has 23 heavy (non-hydrogen) atoms. The molecule has 4 heteroatoms. The predicted molar refractivity (Wildman–Crippen MR) is 87.4 cm³/mol. The molecule has 0 amide bonds. The standard InChI is InChI=1S/C19H16O4/c1-3-18(20)22-16-11-7-5-9-14(16)13-15-10-6-8-12-17(15)23-19(21)4-2/h3-12H,1-2,13H2. The van der Waals surface area contributed by atoms with Gasteiger partial charge in [-0.05, 0) is 23.3 Å². The van der Waals surface area contributed by atoms with E-state index in [9.17, 15) is 9.59 Å². The zero-order chi connectivity index (χ0) is 16.7. The molecular weight excluding hydrogens is 292 g/mol. The molecule has 0 atom stereocenters. The van der Waals surface area contributed by atoms with Crippen LogP contribution < -0.4 is 9.47 Å². The van der Waals surface area contributed by atoms with Crippen molar-refractivity contribution in [2.24, 2.45) is 0 Å². The molecule has 0 spiro atoms. The van der Waals surface area contributed by atoms with Gasteiger partial charge in [0.05, 0.1) is 0 Å². The van der Waals surface area contributed by atoms with Gasteiger partial charge in [-0.1, -0.05) is 49.6 Å². The zero-order valence-corrected chi connectivity index (χ0v) is 12.5. The number of hydrogen-bond acceptors (Lipinski definition) is 4. The Morgan fingerprint density at radius 1 is 0.783 bits per heavy atom. The monoisotopic (exact) mass is 308 g/mol. The van der Waals surface area contributed by atoms with Crippen LogP contribution in [-0.2, 0) is 16.0 Å². The fraction of sp³-hybridized carbons (Fsp3) is 0.0526. The van der Waals surface area contributed by atoms with Crippen molar-refractivity contribution in [2.45, 2.75) is 6.42 Å². The molecule has 0 aliphatic carbocycles. The van der Waals surface area contributed by atoms with Crippen molar-refractivity contribution in [1.82, 2.24) is 0 Å². The fourth-order valence-electron chi connectivity index (χ4n) is 2.00. The summed E-state index contributed by atoms with van der Waals surface area (Å²) in [5, 5.41) is 0. The summed E-state index contributed by atoms with van der Waals surface area (Å²) >= 11 is 0. The minimum atomic E-state index is -0.524. The third-order valence-corrected chi connectivity index (χ3v) is 3.08. The first-order valence-corrected chi connectivity index (χ1v) is 6.98. The first-order valence-electron chi connectivity index (χ1n) is 6.98. The Labute approximate surface area is 134 Å². The lowest BCUT2D eigenvalue weighted by Gasteiger charge is -2.12. The van der Waals surface area contributed by atoms with Crippen LogP contribution in [0.1, 0.15) is 11.1 Å². The van der Waals surface area contributed by atoms with Crippen molar-refractivity contribution < 1.29 is 19.1 Å². The third-order valence-electron chi connectivity index (χ3n) is 3.08. The van der Waals surface area contributed by atoms with Gasteiger partial charge < -0.3 is 9.47 Å². The molecular formula is C19H16O4. The van der Waals surface area contributed by atoms with Crippen molar-refractivity contribution in [2.75, 3.05) is 0 Å². The van der Waals surface area contributed by atoms with Gasteiger partial charge in [0.2, 0.25) is 0 Å². The lowest BCUT2D eigenvalue weighted by molar-refractivity contribution is -0.129. The smallest absolute Gasteiger partial charge is 0.335 e. The van der Waals surface area contributed by atoms with Crippen molar-refractivity contribution in [1.29, 1.82) is 0 Å². The summed E-state index contributed by atoms with van der Waals surface area (Å²) in [7, 11) is 0. The minimum Gasteiger partial charge on any atom is -0.423 e. The zero-order valence-electron chi connectivity index (χ0n) is 12.5. The first kappa shape index (κ1) is 16.2. The Balaban J connectivity index is 2.29. The van der Waals surface area contributed by atoms with Crippen molar-refractivity contribution in [3.05, 3.63) is 85.0 Å². The SMILES string of the molecule is C=CC(=O)Oc1ccccc1Cc1ccccc1OC(=O)C=C. The molecule has 0 saturated carbocycles. The van der Waals surface area contributed by atoms with E-state index >= 15 is 0 Å². The quantitative estimate of drug-likeness (QED) is 0.466. The maximum atomic E-state index is 11.4. The average Bonchev–Trinajstić information content (AvgIpc) is 2.58. The van der Waals surface area contributed by atoms with Crippen molar-refractivity contribution >= 4 is 11.9 Å². The lowest BCUT2D eigenvalue weighted by atomic mass is 10.0. The number of carbonyl (C=O) groups excluding carboxylic acids is 2. The van der Waals surface area contributed by atoms with Crippen LogP contribution in [0, 0.1) is 0 Å². The topological polar surface area (TPSA) is 52.6 Å². The maximum Gasteiger partial charge on any atom is 0.335 e. The molecule has 0 heterocycles. The number of ether oxygens (including phenoxy) is 2. The largest absolute Gasteiger partial charge is 0.423 e. The van der Waals surface area contributed by atoms with E-state index in [4.69, 9.17) is 9.47 Å². The Kier molecular flexibility index (Phi) is 5.47. The van der Waals surface area contributed by atoms with Crippen LogP contribution in [-0.4, -0.2) is 11.9 Å². The molecule has 0 unspecified atom stereocenters. The molecule has 0 N–H and O–H groups in total. The highest BCUT2D eigenvalue weighted by Crippen LogP contribution is 2.26. The van der Waals surface area contributed by atoms with Crippen LogP contribution in [0.2, 0.25) is 0 Å². The molecule has 4 nitrogen and oxygen atoms in total. The normalized spacial score (nSPS) is 9.74. The summed E-state index contributed by atoms with van der Waals surface area (Å²) in [6, 6.07) is 14.3. The van der Waals surface area contributed by atoms with Crippen molar-refractivity contribution in [3.63, 3.8) is 0 Å². The van der Waals surface area contributed by atoms with E-state index < -0.39 is 11.9 Å². The Bertz CT molecular complexity index is 683. The second kappa shape index (κ2) is 7.75. The molecule has 116 valence electrons. The Hall–Kier alpha value is -3.14. The Morgan fingerprint density at radius 3 is 1.57 bits per heavy atom. The maximum absolute atomic E-state index is 11.4. The minimum absolute atomic E-state index is 0.446. The number of rotatable bonds is 6. The molecule has 0 fully saturated rings. The van der Waals surface area contributed by atoms with Crippen LogP contribution in [0.3, 0.4) is 0 Å². The number of carbonyl (C=O) groups is 2. The molecule has 0 saturated heterocycles. The van der Waals surface area contributed by atoms with E-state index in [2.05, 4.69) is 13.2 Å². The van der Waals surface area contributed by atoms with Crippen LogP contribution >= 0.6 is 0 Å². The van der Waals surface area contributed by atoms with Gasteiger partial charge in [0.15, 0.2) is 0 Å². The molecule has 2 rings (SSSR count). The summed E-state index contributed by atoms with van der Waals surface area (Å²) in [5.74, 6) is -0.155. The van der Waals surface area contributed by atoms with Gasteiger partial charge in [-0.2, -0.15) is 0 Å². The molecule has 0 radical (unpaired) electrons. The number of para-hydroxylation sites is 2. The van der Waals surface area contributed by atoms with Crippen LogP contribution in [0.4, 0.5) is 0 Å². The van der Waals surface area contributed by atoms with E-state index in [1.165, 1.54) is 0 Å². The van der Waals surface area contributed by atoms with Crippen LogP contribution in [0.25, 0.3) is 0 Å². The van der Waals surface area contributed by atoms with Gasteiger partial charge in [0.1, 0.15) is 11.5 Å². The second-order valence-corrected chi connectivity index (χ2v) is 4.64. The van der Waals surface area contributed by atoms with E-state index in [-0.39, 0.29) is 0 Å². The lowest BCUT2D eigenvalue weighted by Crippen LogP contribution is -2.07. The number of esters is 2. The highest BCUT2D eigenvalue weighted by Gasteiger charge is 2.11. The van der Waals surface area contributed by atoms with Crippen LogP contribution in [0.15, 0.2) is 73.8 Å². The highest BCUT2D eigenvalue weighted by molar-refractivity contribution is 5.84. The highest BCUT2D eigenvalue weighted by atomic mass is 16.5. The van der Waals surface area contributed by atoms with E-state index in [0.717, 1.165) is 23.3 Å². The van der Waals surface area contributed by atoms with Gasteiger partial charge in [-0.3, -0.25) is 0 Å². The summed E-state index contributed by atoms with van der Waals surface area (Å²) in [6.45, 7) is 6.77. The molecule has 2 aromatic rings. The molecule has 0 aromatic heterocycles. The van der Waals surface area contributed by atoms with Gasteiger partial charge in [0, 0.05) is 18.6 Å². The van der Waals surface area contributed by atoms with E-state index in [1.807, 2.05) is 24.3 Å².